The lowest BCUT2D eigenvalue weighted by molar-refractivity contribution is -0.384. The van der Waals surface area contributed by atoms with E-state index in [9.17, 15) is 23.7 Å². The zero-order valence-electron chi connectivity index (χ0n) is 41.0. The van der Waals surface area contributed by atoms with Crippen molar-refractivity contribution in [2.75, 3.05) is 74.2 Å². The average Bonchev–Trinajstić information content (AvgIpc) is 4.16. The number of primary amides is 1. The SMILES string of the molecule is CC(C)c1ccccc1[C@@H]1CCCN1C1CC2(CCN(c3ccc(C(N)=O)c(N4c5cc6cc[nH]c6nc5O[C@H]5COC[C@@H]54)c3S(=O)(=O)c3cc4c(c([N+](=O)[O-])c3)N[C@H](CN3CCC(F)(F)CC3)CO4)CC2)C1. The van der Waals surface area contributed by atoms with Crippen LogP contribution in [0.2, 0.25) is 0 Å². The van der Waals surface area contributed by atoms with Gasteiger partial charge in [-0.15, -0.1) is 0 Å². The smallest absolute Gasteiger partial charge is 0.297 e. The number of hydrogen-bond donors (Lipinski definition) is 3. The molecule has 3 aromatic carbocycles. The molecule has 17 nitrogen and oxygen atoms in total. The number of halogens is 2. The number of alkyl halides is 2. The number of rotatable bonds is 11. The first kappa shape index (κ1) is 47.9. The van der Waals surface area contributed by atoms with Gasteiger partial charge in [0, 0.05) is 81.4 Å². The van der Waals surface area contributed by atoms with E-state index in [0.717, 1.165) is 51.1 Å². The standard InChI is InChI=1S/C53H61F2N9O8S/c1-31(2)36-6-3-4-7-37(36)39-8-5-17-62(39)34-25-52(26-34)12-20-61(21-13-52)40-10-9-38(49(56)65)47(63-42-22-32-11-16-57-50(32)59-51(42)72-45-30-70-29-43(45)63)48(40)73(68,69)35-23-41(64(66)67)46-44(24-35)71-28-33(58-46)27-60-18-14-53(54,55)15-19-60/h3-4,6-7,9-11,16,22-24,31,33-34,39,43,45,58H,5,8,12-15,17-21,25-30H2,1-2H3,(H2,56,65)(H,57,59)/t33-,39+,43+,45+/m1/s1. The molecule has 4 atom stereocenters. The van der Waals surface area contributed by atoms with Crippen LogP contribution in [0, 0.1) is 15.5 Å². The van der Waals surface area contributed by atoms with Crippen molar-refractivity contribution in [3.8, 4) is 11.6 Å². The second-order valence-corrected chi connectivity index (χ2v) is 23.5. The molecule has 0 radical (unpaired) electrons. The molecule has 2 aromatic heterocycles. The number of aromatic nitrogens is 2. The van der Waals surface area contributed by atoms with Crippen molar-refractivity contribution >= 4 is 55.2 Å². The highest BCUT2D eigenvalue weighted by atomic mass is 32.2. The van der Waals surface area contributed by atoms with Crippen LogP contribution in [0.3, 0.4) is 0 Å². The van der Waals surface area contributed by atoms with Crippen LogP contribution < -0.4 is 30.3 Å². The number of carbonyl (C=O) groups excluding carboxylic acids is 1. The molecule has 386 valence electrons. The zero-order valence-corrected chi connectivity index (χ0v) is 41.8. The molecular weight excluding hydrogens is 961 g/mol. The molecule has 4 N–H and O–H groups in total. The predicted molar refractivity (Wildman–Crippen MR) is 270 cm³/mol. The maximum absolute atomic E-state index is 16.1. The molecule has 4 saturated heterocycles. The highest BCUT2D eigenvalue weighted by molar-refractivity contribution is 7.91. The molecule has 0 bridgehead atoms. The number of likely N-dealkylation sites (tertiary alicyclic amines) is 2. The van der Waals surface area contributed by atoms with E-state index in [1.54, 1.807) is 23.2 Å². The highest BCUT2D eigenvalue weighted by Gasteiger charge is 2.52. The van der Waals surface area contributed by atoms with Gasteiger partial charge in [0.1, 0.15) is 28.9 Å². The molecule has 8 heterocycles. The minimum absolute atomic E-state index is 0.00248. The number of aromatic amines is 1. The number of nitro benzene ring substituents is 1. The van der Waals surface area contributed by atoms with Crippen LogP contribution in [0.15, 0.2) is 76.7 Å². The zero-order chi connectivity index (χ0) is 50.6. The molecule has 1 saturated carbocycles. The monoisotopic (exact) mass is 1020 g/mol. The molecule has 5 fully saturated rings. The number of pyridine rings is 1. The number of piperidine rings is 2. The van der Waals surface area contributed by atoms with Crippen molar-refractivity contribution in [2.45, 2.75) is 117 Å². The summed E-state index contributed by atoms with van der Waals surface area (Å²) in [7, 11) is -4.83. The largest absolute Gasteiger partial charge is 0.489 e. The van der Waals surface area contributed by atoms with Gasteiger partial charge in [-0.05, 0) is 91.8 Å². The van der Waals surface area contributed by atoms with E-state index >= 15 is 8.42 Å². The number of nitro groups is 1. The van der Waals surface area contributed by atoms with E-state index < -0.39 is 55.4 Å². The Kier molecular flexibility index (Phi) is 11.9. The molecule has 12 rings (SSSR count). The lowest BCUT2D eigenvalue weighted by Gasteiger charge is -2.56. The van der Waals surface area contributed by atoms with Gasteiger partial charge in [-0.25, -0.2) is 17.2 Å². The van der Waals surface area contributed by atoms with Crippen LogP contribution in [0.25, 0.3) is 11.0 Å². The number of nitrogens with one attached hydrogen (secondary N) is 2. The van der Waals surface area contributed by atoms with Crippen LogP contribution in [-0.4, -0.2) is 128 Å². The van der Waals surface area contributed by atoms with Gasteiger partial charge in [-0.1, -0.05) is 38.1 Å². The summed E-state index contributed by atoms with van der Waals surface area (Å²) in [6, 6.07) is 17.8. The fourth-order valence-electron chi connectivity index (χ4n) is 13.1. The first-order valence-corrected chi connectivity index (χ1v) is 27.2. The van der Waals surface area contributed by atoms with Crippen molar-refractivity contribution < 1.29 is 41.1 Å². The summed E-state index contributed by atoms with van der Waals surface area (Å²) in [5.74, 6) is -3.03. The van der Waals surface area contributed by atoms with Gasteiger partial charge in [-0.3, -0.25) is 19.8 Å². The van der Waals surface area contributed by atoms with Crippen molar-refractivity contribution in [2.24, 2.45) is 11.1 Å². The van der Waals surface area contributed by atoms with Gasteiger partial charge in [-0.2, -0.15) is 4.98 Å². The van der Waals surface area contributed by atoms with Gasteiger partial charge in [0.05, 0.1) is 52.1 Å². The Morgan fingerprint density at radius 3 is 2.51 bits per heavy atom. The summed E-state index contributed by atoms with van der Waals surface area (Å²) < 4.78 is 78.8. The Morgan fingerprint density at radius 1 is 0.973 bits per heavy atom. The third-order valence-electron chi connectivity index (χ3n) is 16.9. The molecule has 73 heavy (non-hydrogen) atoms. The van der Waals surface area contributed by atoms with Crippen LogP contribution in [0.4, 0.5) is 37.2 Å². The number of anilines is 4. The van der Waals surface area contributed by atoms with Gasteiger partial charge in [0.25, 0.3) is 17.5 Å². The number of H-pyrrole nitrogens is 1. The molecule has 6 aliphatic heterocycles. The van der Waals surface area contributed by atoms with E-state index in [-0.39, 0.29) is 84.6 Å². The summed E-state index contributed by atoms with van der Waals surface area (Å²) in [5, 5.41) is 16.9. The molecule has 1 spiro atoms. The summed E-state index contributed by atoms with van der Waals surface area (Å²) in [6.45, 7) is 7.53. The second-order valence-electron chi connectivity index (χ2n) is 21.6. The number of carbonyl (C=O) groups is 1. The molecule has 5 aromatic rings. The Bertz CT molecular complexity index is 3110. The third-order valence-corrected chi connectivity index (χ3v) is 18.7. The molecule has 7 aliphatic rings. The number of nitrogens with two attached hydrogens (primary N) is 1. The summed E-state index contributed by atoms with van der Waals surface area (Å²) in [5.41, 5.74) is 9.84. The maximum atomic E-state index is 16.1. The molecule has 1 aliphatic carbocycles. The van der Waals surface area contributed by atoms with Gasteiger partial charge in [0.2, 0.25) is 15.7 Å². The summed E-state index contributed by atoms with van der Waals surface area (Å²) >= 11 is 0. The minimum atomic E-state index is -4.83. The van der Waals surface area contributed by atoms with Crippen molar-refractivity contribution in [3.05, 3.63) is 93.7 Å². The number of fused-ring (bicyclic) bond motifs is 4. The Labute approximate surface area is 422 Å². The predicted octanol–water partition coefficient (Wildman–Crippen LogP) is 8.31. The first-order chi connectivity index (χ1) is 35.1. The number of amides is 1. The number of hydrogen-bond acceptors (Lipinski definition) is 14. The Hall–Kier alpha value is -6.09. The van der Waals surface area contributed by atoms with Crippen molar-refractivity contribution in [3.63, 3.8) is 0 Å². The van der Waals surface area contributed by atoms with Crippen LogP contribution in [-0.2, 0) is 14.6 Å². The fourth-order valence-corrected chi connectivity index (χ4v) is 14.8. The number of ether oxygens (including phenoxy) is 3. The van der Waals surface area contributed by atoms with E-state index in [1.807, 2.05) is 17.0 Å². The van der Waals surface area contributed by atoms with E-state index in [2.05, 4.69) is 58.2 Å². The molecule has 1 amide bonds. The Morgan fingerprint density at radius 2 is 1.75 bits per heavy atom. The average molecular weight is 1020 g/mol. The molecule has 20 heteroatoms. The summed E-state index contributed by atoms with van der Waals surface area (Å²) in [4.78, 5) is 41.9. The molecular formula is C53H61F2N9O8S. The van der Waals surface area contributed by atoms with Crippen molar-refractivity contribution in [1.82, 2.24) is 19.8 Å². The number of sulfone groups is 1. The van der Waals surface area contributed by atoms with Crippen LogP contribution in [0.1, 0.15) is 98.7 Å². The Balaban J connectivity index is 0.923. The van der Waals surface area contributed by atoms with E-state index in [1.165, 1.54) is 17.2 Å². The van der Waals surface area contributed by atoms with E-state index in [0.29, 0.717) is 60.0 Å². The number of benzene rings is 3. The lowest BCUT2D eigenvalue weighted by atomic mass is 9.59. The van der Waals surface area contributed by atoms with Gasteiger partial charge in [0.15, 0.2) is 11.4 Å². The second kappa shape index (κ2) is 18.1. The van der Waals surface area contributed by atoms with Gasteiger partial charge < -0.3 is 44.9 Å². The maximum Gasteiger partial charge on any atom is 0.297 e. The molecule has 0 unspecified atom stereocenters. The lowest BCUT2D eigenvalue weighted by Crippen LogP contribution is -2.55. The third kappa shape index (κ3) is 8.41. The summed E-state index contributed by atoms with van der Waals surface area (Å²) in [6.07, 6.45) is 6.57. The number of nitrogens with zero attached hydrogens (tertiary/aromatic N) is 6. The normalized spacial score (nSPS) is 24.9. The van der Waals surface area contributed by atoms with Gasteiger partial charge >= 0.3 is 0 Å². The highest BCUT2D eigenvalue weighted by Crippen LogP contribution is 2.56. The van der Waals surface area contributed by atoms with E-state index in [4.69, 9.17) is 24.9 Å². The quantitative estimate of drug-likeness (QED) is 0.0842. The van der Waals surface area contributed by atoms with Crippen LogP contribution >= 0.6 is 0 Å². The fraction of sp³-hybridized carbons (Fsp3) is 0.509. The topological polar surface area (TPSA) is 202 Å². The van der Waals surface area contributed by atoms with Crippen LogP contribution in [0.5, 0.6) is 11.6 Å². The van der Waals surface area contributed by atoms with Crippen molar-refractivity contribution in [1.29, 1.82) is 0 Å². The first-order valence-electron chi connectivity index (χ1n) is 25.7. The minimum Gasteiger partial charge on any atom is -0.489 e.